The average Bonchev–Trinajstić information content (AvgIpc) is 2.15. The van der Waals surface area contributed by atoms with Crippen LogP contribution < -0.4 is 10.1 Å². The van der Waals surface area contributed by atoms with E-state index < -0.39 is 6.36 Å². The number of halogens is 4. The van der Waals surface area contributed by atoms with Gasteiger partial charge in [0.1, 0.15) is 5.75 Å². The van der Waals surface area contributed by atoms with Crippen LogP contribution in [0.4, 0.5) is 13.2 Å². The van der Waals surface area contributed by atoms with Gasteiger partial charge in [-0.15, -0.1) is 25.6 Å². The smallest absolute Gasteiger partial charge is 0.406 e. The van der Waals surface area contributed by atoms with Crippen molar-refractivity contribution in [3.63, 3.8) is 0 Å². The molecule has 1 aromatic carbocycles. The molecule has 0 heterocycles. The van der Waals surface area contributed by atoms with Crippen molar-refractivity contribution in [3.8, 4) is 5.75 Å². The predicted molar refractivity (Wildman–Crippen MR) is 67.2 cm³/mol. The monoisotopic (exact) mass is 283 g/mol. The Hall–Kier alpha value is -0.940. The second kappa shape index (κ2) is 7.48. The van der Waals surface area contributed by atoms with E-state index in [0.29, 0.717) is 6.42 Å². The van der Waals surface area contributed by atoms with Gasteiger partial charge in [-0.2, -0.15) is 0 Å². The molecule has 1 aromatic rings. The summed E-state index contributed by atoms with van der Waals surface area (Å²) in [6.07, 6.45) is -3.96. The van der Waals surface area contributed by atoms with Crippen LogP contribution in [0.3, 0.4) is 0 Å². The summed E-state index contributed by atoms with van der Waals surface area (Å²) >= 11 is 0. The average molecular weight is 284 g/mol. The van der Waals surface area contributed by atoms with E-state index in [9.17, 15) is 13.2 Å². The van der Waals surface area contributed by atoms with E-state index in [-0.39, 0.29) is 24.2 Å². The lowest BCUT2D eigenvalue weighted by Gasteiger charge is -2.13. The zero-order valence-corrected chi connectivity index (χ0v) is 11.1. The normalized spacial score (nSPS) is 12.7. The van der Waals surface area contributed by atoms with E-state index in [1.54, 1.807) is 12.1 Å². The molecule has 0 fully saturated rings. The first-order valence-electron chi connectivity index (χ1n) is 5.49. The molecule has 1 unspecified atom stereocenters. The Morgan fingerprint density at radius 2 is 2.00 bits per heavy atom. The quantitative estimate of drug-likeness (QED) is 0.892. The number of nitrogens with one attached hydrogen (secondary N) is 1. The molecular formula is C12H17ClF3NO. The number of ether oxygens (including phenoxy) is 1. The van der Waals surface area contributed by atoms with Gasteiger partial charge in [-0.05, 0) is 37.6 Å². The molecule has 0 aliphatic rings. The molecule has 0 aromatic heterocycles. The Labute approximate surface area is 111 Å². The first-order chi connectivity index (χ1) is 7.90. The van der Waals surface area contributed by atoms with Gasteiger partial charge < -0.3 is 10.1 Å². The Bertz CT molecular complexity index is 357. The highest BCUT2D eigenvalue weighted by atomic mass is 35.5. The Morgan fingerprint density at radius 3 is 2.56 bits per heavy atom. The van der Waals surface area contributed by atoms with E-state index in [0.717, 1.165) is 12.1 Å². The standard InChI is InChI=1S/C12H16F3NO.ClH/c1-3-16-9(2)7-10-5-4-6-11(8-10)17-12(13,14)15;/h4-6,8-9,16H,3,7H2,1-2H3;1H. The number of rotatable bonds is 5. The van der Waals surface area contributed by atoms with Crippen molar-refractivity contribution in [2.45, 2.75) is 32.7 Å². The summed E-state index contributed by atoms with van der Waals surface area (Å²) in [4.78, 5) is 0. The van der Waals surface area contributed by atoms with Gasteiger partial charge >= 0.3 is 6.36 Å². The number of likely N-dealkylation sites (N-methyl/N-ethyl adjacent to an activating group) is 1. The van der Waals surface area contributed by atoms with Crippen LogP contribution in [0.1, 0.15) is 19.4 Å². The third kappa shape index (κ3) is 6.71. The fourth-order valence-electron chi connectivity index (χ4n) is 1.64. The van der Waals surface area contributed by atoms with Crippen molar-refractivity contribution >= 4 is 12.4 Å². The number of benzene rings is 1. The number of hydrogen-bond acceptors (Lipinski definition) is 2. The highest BCUT2D eigenvalue weighted by Gasteiger charge is 2.31. The third-order valence-electron chi connectivity index (χ3n) is 2.23. The first kappa shape index (κ1) is 17.1. The molecule has 18 heavy (non-hydrogen) atoms. The highest BCUT2D eigenvalue weighted by molar-refractivity contribution is 5.85. The van der Waals surface area contributed by atoms with Crippen LogP contribution in [-0.4, -0.2) is 18.9 Å². The van der Waals surface area contributed by atoms with E-state index in [4.69, 9.17) is 0 Å². The Morgan fingerprint density at radius 1 is 1.33 bits per heavy atom. The SMILES string of the molecule is CCNC(C)Cc1cccc(OC(F)(F)F)c1.Cl. The number of alkyl halides is 3. The maximum atomic E-state index is 12.0. The van der Waals surface area contributed by atoms with Crippen molar-refractivity contribution in [2.75, 3.05) is 6.54 Å². The van der Waals surface area contributed by atoms with Gasteiger partial charge in [0.2, 0.25) is 0 Å². The van der Waals surface area contributed by atoms with E-state index in [1.165, 1.54) is 12.1 Å². The minimum Gasteiger partial charge on any atom is -0.406 e. The fraction of sp³-hybridized carbons (Fsp3) is 0.500. The molecule has 6 heteroatoms. The van der Waals surface area contributed by atoms with Crippen LogP contribution in [0.25, 0.3) is 0 Å². The molecular weight excluding hydrogens is 267 g/mol. The highest BCUT2D eigenvalue weighted by Crippen LogP contribution is 2.23. The summed E-state index contributed by atoms with van der Waals surface area (Å²) in [5.74, 6) is -0.168. The van der Waals surface area contributed by atoms with Gasteiger partial charge in [0.15, 0.2) is 0 Å². The van der Waals surface area contributed by atoms with E-state index in [2.05, 4.69) is 10.1 Å². The lowest BCUT2D eigenvalue weighted by molar-refractivity contribution is -0.274. The minimum absolute atomic E-state index is 0. The largest absolute Gasteiger partial charge is 0.573 e. The van der Waals surface area contributed by atoms with Crippen molar-refractivity contribution in [3.05, 3.63) is 29.8 Å². The van der Waals surface area contributed by atoms with Gasteiger partial charge in [0, 0.05) is 6.04 Å². The molecule has 0 aliphatic heterocycles. The molecule has 0 spiro atoms. The summed E-state index contributed by atoms with van der Waals surface area (Å²) in [5, 5.41) is 3.20. The molecule has 1 atom stereocenters. The summed E-state index contributed by atoms with van der Waals surface area (Å²) in [6.45, 7) is 4.81. The van der Waals surface area contributed by atoms with Crippen LogP contribution in [0.5, 0.6) is 5.75 Å². The van der Waals surface area contributed by atoms with Crippen LogP contribution >= 0.6 is 12.4 Å². The van der Waals surface area contributed by atoms with Crippen molar-refractivity contribution in [1.29, 1.82) is 0 Å². The van der Waals surface area contributed by atoms with Gasteiger partial charge in [0.25, 0.3) is 0 Å². The predicted octanol–water partition coefficient (Wildman–Crippen LogP) is 3.55. The zero-order valence-electron chi connectivity index (χ0n) is 10.3. The summed E-state index contributed by atoms with van der Waals surface area (Å²) < 4.78 is 39.9. The van der Waals surface area contributed by atoms with Gasteiger partial charge in [-0.1, -0.05) is 19.1 Å². The Balaban J connectivity index is 0.00000289. The molecule has 2 nitrogen and oxygen atoms in total. The summed E-state index contributed by atoms with van der Waals surface area (Å²) in [7, 11) is 0. The third-order valence-corrected chi connectivity index (χ3v) is 2.23. The maximum absolute atomic E-state index is 12.0. The van der Waals surface area contributed by atoms with Crippen LogP contribution in [0, 0.1) is 0 Å². The molecule has 1 rings (SSSR count). The van der Waals surface area contributed by atoms with E-state index >= 15 is 0 Å². The first-order valence-corrected chi connectivity index (χ1v) is 5.49. The molecule has 0 bridgehead atoms. The second-order valence-electron chi connectivity index (χ2n) is 3.86. The van der Waals surface area contributed by atoms with Gasteiger partial charge in [0.05, 0.1) is 0 Å². The van der Waals surface area contributed by atoms with Gasteiger partial charge in [-0.3, -0.25) is 0 Å². The zero-order chi connectivity index (χ0) is 12.9. The lowest BCUT2D eigenvalue weighted by atomic mass is 10.1. The molecule has 0 saturated heterocycles. The van der Waals surface area contributed by atoms with E-state index in [1.807, 2.05) is 13.8 Å². The maximum Gasteiger partial charge on any atom is 0.573 e. The molecule has 0 radical (unpaired) electrons. The van der Waals surface area contributed by atoms with Crippen molar-refractivity contribution in [1.82, 2.24) is 5.32 Å². The van der Waals surface area contributed by atoms with Crippen molar-refractivity contribution in [2.24, 2.45) is 0 Å². The molecule has 0 saturated carbocycles. The number of hydrogen-bond donors (Lipinski definition) is 1. The summed E-state index contributed by atoms with van der Waals surface area (Å²) in [6, 6.07) is 6.30. The molecule has 1 N–H and O–H groups in total. The topological polar surface area (TPSA) is 21.3 Å². The lowest BCUT2D eigenvalue weighted by Crippen LogP contribution is -2.27. The van der Waals surface area contributed by atoms with Crippen molar-refractivity contribution < 1.29 is 17.9 Å². The fourth-order valence-corrected chi connectivity index (χ4v) is 1.64. The Kier molecular flexibility index (Phi) is 7.09. The van der Waals surface area contributed by atoms with Gasteiger partial charge in [-0.25, -0.2) is 0 Å². The molecule has 104 valence electrons. The second-order valence-corrected chi connectivity index (χ2v) is 3.86. The summed E-state index contributed by atoms with van der Waals surface area (Å²) in [5.41, 5.74) is 0.820. The molecule has 0 aliphatic carbocycles. The van der Waals surface area contributed by atoms with Crippen LogP contribution in [0.2, 0.25) is 0 Å². The minimum atomic E-state index is -4.63. The molecule has 0 amide bonds. The van der Waals surface area contributed by atoms with Crippen LogP contribution in [0.15, 0.2) is 24.3 Å². The van der Waals surface area contributed by atoms with Crippen LogP contribution in [-0.2, 0) is 6.42 Å².